The summed E-state index contributed by atoms with van der Waals surface area (Å²) in [5.74, 6) is -0.723. The molecular formula is C14H23F3N2O. The Balaban J connectivity index is 2.19. The molecule has 0 bridgehead atoms. The molecule has 1 atom stereocenters. The first-order valence-corrected chi connectivity index (χ1v) is 7.37. The molecule has 1 N–H and O–H groups in total. The molecule has 20 heavy (non-hydrogen) atoms. The van der Waals surface area contributed by atoms with E-state index in [4.69, 9.17) is 0 Å². The zero-order chi connectivity index (χ0) is 15.0. The molecule has 2 saturated heterocycles. The van der Waals surface area contributed by atoms with E-state index in [1.807, 2.05) is 13.8 Å². The minimum Gasteiger partial charge on any atom is -0.341 e. The normalized spacial score (nSPS) is 29.9. The first kappa shape index (κ1) is 15.6. The van der Waals surface area contributed by atoms with Crippen LogP contribution in [-0.2, 0) is 4.79 Å². The molecule has 1 unspecified atom stereocenters. The van der Waals surface area contributed by atoms with E-state index in [1.165, 1.54) is 4.90 Å². The number of carbonyl (C=O) groups is 1. The number of nitrogens with zero attached hydrogens (tertiary/aromatic N) is 1. The summed E-state index contributed by atoms with van der Waals surface area (Å²) >= 11 is 0. The van der Waals surface area contributed by atoms with Crippen molar-refractivity contribution in [3.05, 3.63) is 0 Å². The van der Waals surface area contributed by atoms with Crippen LogP contribution in [-0.4, -0.2) is 43.2 Å². The SMILES string of the molecule is CCC1(CC)CCN(C(=O)C2(C(F)(F)F)CCNC2)C1. The van der Waals surface area contributed by atoms with Crippen LogP contribution in [0.15, 0.2) is 0 Å². The maximum atomic E-state index is 13.4. The van der Waals surface area contributed by atoms with E-state index in [-0.39, 0.29) is 24.9 Å². The van der Waals surface area contributed by atoms with Gasteiger partial charge in [-0.1, -0.05) is 13.8 Å². The van der Waals surface area contributed by atoms with E-state index in [1.54, 1.807) is 0 Å². The number of carbonyl (C=O) groups excluding carboxylic acids is 1. The van der Waals surface area contributed by atoms with E-state index in [2.05, 4.69) is 5.32 Å². The number of nitrogens with one attached hydrogen (secondary N) is 1. The van der Waals surface area contributed by atoms with Crippen molar-refractivity contribution in [1.29, 1.82) is 0 Å². The summed E-state index contributed by atoms with van der Waals surface area (Å²) in [7, 11) is 0. The Hall–Kier alpha value is -0.780. The fourth-order valence-electron chi connectivity index (χ4n) is 3.48. The lowest BCUT2D eigenvalue weighted by molar-refractivity contribution is -0.221. The minimum atomic E-state index is -4.47. The molecule has 0 aliphatic carbocycles. The maximum absolute atomic E-state index is 13.4. The monoisotopic (exact) mass is 292 g/mol. The van der Waals surface area contributed by atoms with Crippen LogP contribution in [0.1, 0.15) is 39.5 Å². The van der Waals surface area contributed by atoms with Crippen LogP contribution in [0, 0.1) is 10.8 Å². The number of amides is 1. The third kappa shape index (κ3) is 2.32. The van der Waals surface area contributed by atoms with Gasteiger partial charge in [0.15, 0.2) is 5.41 Å². The summed E-state index contributed by atoms with van der Waals surface area (Å²) in [5.41, 5.74) is -2.20. The lowest BCUT2D eigenvalue weighted by atomic mass is 9.81. The molecule has 6 heteroatoms. The van der Waals surface area contributed by atoms with Crippen LogP contribution in [0.4, 0.5) is 13.2 Å². The average Bonchev–Trinajstić information content (AvgIpc) is 3.05. The Bertz CT molecular complexity index is 371. The summed E-state index contributed by atoms with van der Waals surface area (Å²) < 4.78 is 40.2. The highest BCUT2D eigenvalue weighted by Gasteiger charge is 2.63. The van der Waals surface area contributed by atoms with Crippen molar-refractivity contribution in [2.45, 2.75) is 45.7 Å². The fourth-order valence-corrected chi connectivity index (χ4v) is 3.48. The van der Waals surface area contributed by atoms with Gasteiger partial charge in [-0.2, -0.15) is 13.2 Å². The van der Waals surface area contributed by atoms with Crippen LogP contribution in [0.3, 0.4) is 0 Å². The Morgan fingerprint density at radius 3 is 2.30 bits per heavy atom. The topological polar surface area (TPSA) is 32.3 Å². The number of hydrogen-bond donors (Lipinski definition) is 1. The molecule has 0 aromatic carbocycles. The number of alkyl halides is 3. The molecule has 0 aromatic heterocycles. The van der Waals surface area contributed by atoms with Gasteiger partial charge in [-0.3, -0.25) is 4.79 Å². The van der Waals surface area contributed by atoms with Crippen LogP contribution in [0.25, 0.3) is 0 Å². The smallest absolute Gasteiger partial charge is 0.341 e. The minimum absolute atomic E-state index is 0.00841. The van der Waals surface area contributed by atoms with Crippen molar-refractivity contribution in [3.8, 4) is 0 Å². The van der Waals surface area contributed by atoms with Crippen molar-refractivity contribution < 1.29 is 18.0 Å². The number of hydrogen-bond acceptors (Lipinski definition) is 2. The maximum Gasteiger partial charge on any atom is 0.404 e. The fraction of sp³-hybridized carbons (Fsp3) is 0.929. The predicted octanol–water partition coefficient (Wildman–Crippen LogP) is 2.57. The van der Waals surface area contributed by atoms with Gasteiger partial charge in [0.1, 0.15) is 0 Å². The van der Waals surface area contributed by atoms with Crippen molar-refractivity contribution >= 4 is 5.91 Å². The molecule has 1 amide bonds. The Morgan fingerprint density at radius 1 is 1.25 bits per heavy atom. The summed E-state index contributed by atoms with van der Waals surface area (Å²) in [6.07, 6.45) is -1.99. The van der Waals surface area contributed by atoms with Crippen molar-refractivity contribution in [2.75, 3.05) is 26.2 Å². The lowest BCUT2D eigenvalue weighted by Crippen LogP contribution is -2.53. The largest absolute Gasteiger partial charge is 0.404 e. The molecule has 0 radical (unpaired) electrons. The zero-order valence-electron chi connectivity index (χ0n) is 12.1. The van der Waals surface area contributed by atoms with Crippen LogP contribution in [0.5, 0.6) is 0 Å². The van der Waals surface area contributed by atoms with E-state index in [0.29, 0.717) is 13.1 Å². The summed E-state index contributed by atoms with van der Waals surface area (Å²) in [6.45, 7) is 5.00. The van der Waals surface area contributed by atoms with Crippen LogP contribution in [0.2, 0.25) is 0 Å². The lowest BCUT2D eigenvalue weighted by Gasteiger charge is -2.34. The molecule has 0 saturated carbocycles. The predicted molar refractivity (Wildman–Crippen MR) is 70.2 cm³/mol. The molecule has 2 heterocycles. The molecule has 2 aliphatic heterocycles. The van der Waals surface area contributed by atoms with E-state index >= 15 is 0 Å². The van der Waals surface area contributed by atoms with Gasteiger partial charge in [-0.05, 0) is 37.6 Å². The molecular weight excluding hydrogens is 269 g/mol. The molecule has 0 spiro atoms. The Morgan fingerprint density at radius 2 is 1.90 bits per heavy atom. The van der Waals surface area contributed by atoms with Gasteiger partial charge in [0.25, 0.3) is 0 Å². The van der Waals surface area contributed by atoms with Crippen LogP contribution < -0.4 is 5.32 Å². The zero-order valence-corrected chi connectivity index (χ0v) is 12.1. The third-order valence-corrected chi connectivity index (χ3v) is 5.33. The molecule has 2 aliphatic rings. The van der Waals surface area contributed by atoms with Crippen molar-refractivity contribution in [3.63, 3.8) is 0 Å². The van der Waals surface area contributed by atoms with Gasteiger partial charge < -0.3 is 10.2 Å². The number of rotatable bonds is 3. The van der Waals surface area contributed by atoms with Gasteiger partial charge in [0.05, 0.1) is 0 Å². The highest BCUT2D eigenvalue weighted by molar-refractivity contribution is 5.84. The Labute approximate surface area is 117 Å². The molecule has 2 fully saturated rings. The highest BCUT2D eigenvalue weighted by Crippen LogP contribution is 2.46. The second-order valence-electron chi connectivity index (χ2n) is 6.19. The summed E-state index contributed by atoms with van der Waals surface area (Å²) in [6, 6.07) is 0. The molecule has 116 valence electrons. The van der Waals surface area contributed by atoms with Crippen molar-refractivity contribution in [2.24, 2.45) is 10.8 Å². The Kier molecular flexibility index (Phi) is 4.06. The van der Waals surface area contributed by atoms with Gasteiger partial charge in [0, 0.05) is 19.6 Å². The molecule has 2 rings (SSSR count). The van der Waals surface area contributed by atoms with Gasteiger partial charge >= 0.3 is 6.18 Å². The van der Waals surface area contributed by atoms with Crippen LogP contribution >= 0.6 is 0 Å². The summed E-state index contributed by atoms with van der Waals surface area (Å²) in [4.78, 5) is 14.0. The second-order valence-corrected chi connectivity index (χ2v) is 6.19. The average molecular weight is 292 g/mol. The molecule has 3 nitrogen and oxygen atoms in total. The van der Waals surface area contributed by atoms with Crippen molar-refractivity contribution in [1.82, 2.24) is 10.2 Å². The van der Waals surface area contributed by atoms with E-state index < -0.39 is 17.5 Å². The third-order valence-electron chi connectivity index (χ3n) is 5.33. The standard InChI is InChI=1S/C14H23F3N2O/c1-3-12(4-2)6-8-19(10-12)11(20)13(14(15,16)17)5-7-18-9-13/h18H,3-10H2,1-2H3. The second kappa shape index (κ2) is 5.20. The van der Waals surface area contributed by atoms with E-state index in [9.17, 15) is 18.0 Å². The van der Waals surface area contributed by atoms with Gasteiger partial charge in [0.2, 0.25) is 5.91 Å². The quantitative estimate of drug-likeness (QED) is 0.867. The van der Waals surface area contributed by atoms with Gasteiger partial charge in [-0.25, -0.2) is 0 Å². The van der Waals surface area contributed by atoms with Gasteiger partial charge in [-0.15, -0.1) is 0 Å². The summed E-state index contributed by atoms with van der Waals surface area (Å²) in [5, 5.41) is 2.71. The molecule has 0 aromatic rings. The first-order chi connectivity index (χ1) is 9.30. The first-order valence-electron chi connectivity index (χ1n) is 7.37. The number of halogens is 3. The van der Waals surface area contributed by atoms with E-state index in [0.717, 1.165) is 19.3 Å². The number of likely N-dealkylation sites (tertiary alicyclic amines) is 1. The highest BCUT2D eigenvalue weighted by atomic mass is 19.4.